The Kier molecular flexibility index (Phi) is 10.5. The average molecular weight is 512 g/mol. The van der Waals surface area contributed by atoms with E-state index in [-0.39, 0.29) is 24.3 Å². The van der Waals surface area contributed by atoms with Gasteiger partial charge >= 0.3 is 13.2 Å². The van der Waals surface area contributed by atoms with Crippen LogP contribution in [0.3, 0.4) is 0 Å². The molecule has 11 heteroatoms. The van der Waals surface area contributed by atoms with Crippen LogP contribution in [-0.4, -0.2) is 90.0 Å². The predicted octanol–water partition coefficient (Wildman–Crippen LogP) is 1.87. The summed E-state index contributed by atoms with van der Waals surface area (Å²) in [5.41, 5.74) is 0.301. The number of hydrogen-bond acceptors (Lipinski definition) is 8. The maximum Gasteiger partial charge on any atom is 0.453 e. The van der Waals surface area contributed by atoms with Crippen LogP contribution in [0.1, 0.15) is 44.7 Å². The lowest BCUT2D eigenvalue weighted by atomic mass is 9.79. The largest absolute Gasteiger partial charge is 0.453 e. The number of ether oxygens (including phenoxy) is 2. The van der Waals surface area contributed by atoms with E-state index in [1.165, 1.54) is 0 Å². The number of benzene rings is 1. The molecule has 2 amide bonds. The van der Waals surface area contributed by atoms with Crippen molar-refractivity contribution >= 4 is 19.1 Å². The lowest BCUT2D eigenvalue weighted by Crippen LogP contribution is -2.49. The first-order chi connectivity index (χ1) is 17.7. The number of nitriles is 1. The molecule has 2 saturated heterocycles. The second-order valence-electron chi connectivity index (χ2n) is 10.0. The minimum Gasteiger partial charge on any atom is -0.444 e. The fourth-order valence-corrected chi connectivity index (χ4v) is 4.78. The summed E-state index contributed by atoms with van der Waals surface area (Å²) in [7, 11) is -1.60. The summed E-state index contributed by atoms with van der Waals surface area (Å²) in [5.74, 6) is -0.370. The lowest BCUT2D eigenvalue weighted by Gasteiger charge is -2.39. The molecule has 2 aliphatic rings. The number of rotatable bonds is 8. The third-order valence-electron chi connectivity index (χ3n) is 6.80. The molecule has 0 aliphatic carbocycles. The molecule has 10 nitrogen and oxygen atoms in total. The van der Waals surface area contributed by atoms with Gasteiger partial charge in [0.25, 0.3) is 5.91 Å². The highest BCUT2D eigenvalue weighted by Crippen LogP contribution is 2.23. The third-order valence-corrected chi connectivity index (χ3v) is 6.80. The van der Waals surface area contributed by atoms with E-state index in [2.05, 4.69) is 16.3 Å². The zero-order valence-corrected chi connectivity index (χ0v) is 21.6. The molecule has 0 bridgehead atoms. The van der Waals surface area contributed by atoms with Crippen molar-refractivity contribution in [1.82, 2.24) is 15.1 Å². The summed E-state index contributed by atoms with van der Waals surface area (Å²) in [4.78, 5) is 29.8. The first-order valence-electron chi connectivity index (χ1n) is 12.8. The van der Waals surface area contributed by atoms with Crippen molar-refractivity contribution in [3.05, 3.63) is 47.5 Å². The molecule has 2 aliphatic heterocycles. The molecule has 3 rings (SSSR count). The van der Waals surface area contributed by atoms with Gasteiger partial charge in [-0.05, 0) is 44.7 Å². The fourth-order valence-electron chi connectivity index (χ4n) is 4.78. The first kappa shape index (κ1) is 28.7. The summed E-state index contributed by atoms with van der Waals surface area (Å²) in [6.45, 7) is 7.29. The Hall–Kier alpha value is -2.91. The van der Waals surface area contributed by atoms with Crippen molar-refractivity contribution in [2.75, 3.05) is 39.4 Å². The van der Waals surface area contributed by atoms with Crippen LogP contribution in [0.5, 0.6) is 0 Å². The number of alkyl carbamates (subject to hydrolysis) is 1. The molecule has 2 atom stereocenters. The molecule has 37 heavy (non-hydrogen) atoms. The summed E-state index contributed by atoms with van der Waals surface area (Å²) in [6, 6.07) is 10.4. The van der Waals surface area contributed by atoms with E-state index in [0.717, 1.165) is 31.5 Å². The van der Waals surface area contributed by atoms with Gasteiger partial charge in [0, 0.05) is 31.5 Å². The SMILES string of the molecule is CC(C)(C=C(C#N)C(=O)N1CCCC[C@@H](OC(=O)N[C@H](CB(O)O)c2ccccc2)C1)N1CCOCC1. The van der Waals surface area contributed by atoms with Gasteiger partial charge in [-0.15, -0.1) is 0 Å². The van der Waals surface area contributed by atoms with Crippen LogP contribution >= 0.6 is 0 Å². The van der Waals surface area contributed by atoms with E-state index in [9.17, 15) is 24.9 Å². The Balaban J connectivity index is 1.65. The van der Waals surface area contributed by atoms with E-state index in [0.29, 0.717) is 26.2 Å². The van der Waals surface area contributed by atoms with Gasteiger partial charge in [0.2, 0.25) is 0 Å². The molecule has 0 saturated carbocycles. The first-order valence-corrected chi connectivity index (χ1v) is 12.8. The monoisotopic (exact) mass is 512 g/mol. The number of hydrogen-bond donors (Lipinski definition) is 3. The normalized spacial score (nSPS) is 20.4. The minimum atomic E-state index is -1.60. The van der Waals surface area contributed by atoms with Crippen LogP contribution in [0.15, 0.2) is 42.0 Å². The quantitative estimate of drug-likeness (QED) is 0.273. The van der Waals surface area contributed by atoms with Gasteiger partial charge in [0.1, 0.15) is 17.7 Å². The summed E-state index contributed by atoms with van der Waals surface area (Å²) in [5, 5.41) is 31.5. The summed E-state index contributed by atoms with van der Waals surface area (Å²) in [6.07, 6.45) is 2.47. The Morgan fingerprint density at radius 3 is 2.59 bits per heavy atom. The second kappa shape index (κ2) is 13.6. The smallest absolute Gasteiger partial charge is 0.444 e. The zero-order valence-electron chi connectivity index (χ0n) is 21.6. The molecule has 0 spiro atoms. The lowest BCUT2D eigenvalue weighted by molar-refractivity contribution is -0.127. The van der Waals surface area contributed by atoms with Gasteiger partial charge in [-0.3, -0.25) is 9.69 Å². The van der Waals surface area contributed by atoms with Crippen molar-refractivity contribution in [3.8, 4) is 6.07 Å². The van der Waals surface area contributed by atoms with Crippen molar-refractivity contribution in [1.29, 1.82) is 5.26 Å². The Bertz CT molecular complexity index is 975. The highest BCUT2D eigenvalue weighted by atomic mass is 16.6. The second-order valence-corrected chi connectivity index (χ2v) is 10.0. The van der Waals surface area contributed by atoms with Crippen LogP contribution in [0.2, 0.25) is 6.32 Å². The van der Waals surface area contributed by atoms with E-state index < -0.39 is 30.9 Å². The van der Waals surface area contributed by atoms with E-state index in [1.54, 1.807) is 35.2 Å². The molecule has 0 aromatic heterocycles. The highest BCUT2D eigenvalue weighted by Gasteiger charge is 2.31. The number of amides is 2. The third kappa shape index (κ3) is 8.57. The van der Waals surface area contributed by atoms with E-state index in [1.807, 2.05) is 19.9 Å². The molecular weight excluding hydrogens is 475 g/mol. The van der Waals surface area contributed by atoms with Gasteiger partial charge in [-0.2, -0.15) is 5.26 Å². The molecular formula is C26H37BN4O6. The van der Waals surface area contributed by atoms with Crippen LogP contribution in [0.25, 0.3) is 0 Å². The maximum atomic E-state index is 13.3. The van der Waals surface area contributed by atoms with Gasteiger partial charge < -0.3 is 29.7 Å². The molecule has 2 heterocycles. The fraction of sp³-hybridized carbons (Fsp3) is 0.577. The Morgan fingerprint density at radius 2 is 1.95 bits per heavy atom. The number of morpholine rings is 1. The van der Waals surface area contributed by atoms with Crippen LogP contribution in [0.4, 0.5) is 4.79 Å². The standard InChI is InChI=1S/C26H37BN4O6/c1-26(2,31-12-14-36-15-13-31)16-21(18-28)24(32)30-11-7-6-10-22(19-30)37-25(33)29-23(17-27(34)35)20-8-4-3-5-9-20/h3-5,8-9,16,22-23,34-35H,6-7,10-15,17,19H2,1-2H3,(H,29,33)/t22-,23-/m1/s1. The van der Waals surface area contributed by atoms with Gasteiger partial charge in [0.15, 0.2) is 0 Å². The van der Waals surface area contributed by atoms with Crippen molar-refractivity contribution < 1.29 is 29.1 Å². The van der Waals surface area contributed by atoms with Gasteiger partial charge in [-0.25, -0.2) is 4.79 Å². The minimum absolute atomic E-state index is 0.0719. The van der Waals surface area contributed by atoms with Crippen molar-refractivity contribution in [2.24, 2.45) is 0 Å². The summed E-state index contributed by atoms with van der Waals surface area (Å²) >= 11 is 0. The number of likely N-dealkylation sites (tertiary alicyclic amines) is 1. The maximum absolute atomic E-state index is 13.3. The van der Waals surface area contributed by atoms with Crippen molar-refractivity contribution in [2.45, 2.75) is 57.1 Å². The number of nitrogens with one attached hydrogen (secondary N) is 1. The number of nitrogens with zero attached hydrogens (tertiary/aromatic N) is 3. The molecule has 1 aromatic carbocycles. The zero-order chi connectivity index (χ0) is 26.8. The Labute approximate surface area is 219 Å². The molecule has 1 aromatic rings. The van der Waals surface area contributed by atoms with E-state index in [4.69, 9.17) is 9.47 Å². The van der Waals surface area contributed by atoms with Crippen LogP contribution < -0.4 is 5.32 Å². The number of carbonyl (C=O) groups is 2. The number of carbonyl (C=O) groups excluding carboxylic acids is 2. The van der Waals surface area contributed by atoms with Crippen LogP contribution in [-0.2, 0) is 14.3 Å². The summed E-state index contributed by atoms with van der Waals surface area (Å²) < 4.78 is 11.1. The van der Waals surface area contributed by atoms with E-state index >= 15 is 0 Å². The Morgan fingerprint density at radius 1 is 1.24 bits per heavy atom. The van der Waals surface area contributed by atoms with Gasteiger partial charge in [0.05, 0.1) is 25.8 Å². The molecule has 2 fully saturated rings. The van der Waals surface area contributed by atoms with Gasteiger partial charge in [-0.1, -0.05) is 30.3 Å². The average Bonchev–Trinajstić information content (AvgIpc) is 3.12. The molecule has 200 valence electrons. The predicted molar refractivity (Wildman–Crippen MR) is 138 cm³/mol. The molecule has 3 N–H and O–H groups in total. The molecule has 0 radical (unpaired) electrons. The van der Waals surface area contributed by atoms with Crippen LogP contribution in [0, 0.1) is 11.3 Å². The molecule has 0 unspecified atom stereocenters. The van der Waals surface area contributed by atoms with Crippen molar-refractivity contribution in [3.63, 3.8) is 0 Å². The highest BCUT2D eigenvalue weighted by molar-refractivity contribution is 6.41. The topological polar surface area (TPSA) is 135 Å².